The Kier molecular flexibility index (Phi) is 12.5. The highest BCUT2D eigenvalue weighted by molar-refractivity contribution is 14.0. The highest BCUT2D eigenvalue weighted by Crippen LogP contribution is 2.15. The van der Waals surface area contributed by atoms with Crippen molar-refractivity contribution in [1.29, 1.82) is 0 Å². The molecule has 0 aliphatic rings. The van der Waals surface area contributed by atoms with Crippen molar-refractivity contribution in [1.82, 2.24) is 10.6 Å². The zero-order valence-corrected chi connectivity index (χ0v) is 18.1. The molecule has 0 spiro atoms. The molecule has 0 heterocycles. The van der Waals surface area contributed by atoms with Crippen LogP contribution in [-0.4, -0.2) is 37.3 Å². The van der Waals surface area contributed by atoms with Gasteiger partial charge in [0, 0.05) is 19.6 Å². The highest BCUT2D eigenvalue weighted by Gasteiger charge is 2.06. The average Bonchev–Trinajstić information content (AvgIpc) is 2.69. The van der Waals surface area contributed by atoms with Crippen LogP contribution in [0.5, 0.6) is 0 Å². The van der Waals surface area contributed by atoms with Gasteiger partial charge in [-0.05, 0) is 24.5 Å². The summed E-state index contributed by atoms with van der Waals surface area (Å²) in [4.78, 5) is 4.51. The van der Waals surface area contributed by atoms with Gasteiger partial charge in [-0.25, -0.2) is 0 Å². The van der Waals surface area contributed by atoms with Crippen LogP contribution in [0.4, 0.5) is 0 Å². The van der Waals surface area contributed by atoms with Gasteiger partial charge in [0.2, 0.25) is 0 Å². The number of hydrogen-bond acceptors (Lipinski definition) is 3. The molecule has 5 nitrogen and oxygen atoms in total. The maximum atomic E-state index is 10.2. The van der Waals surface area contributed by atoms with Gasteiger partial charge in [0.05, 0.1) is 19.3 Å². The monoisotopic (exact) mass is 483 g/mol. The maximum absolute atomic E-state index is 10.2. The number of rotatable bonds is 10. The third kappa shape index (κ3) is 9.74. The number of guanidine groups is 1. The second-order valence-corrected chi connectivity index (χ2v) is 5.94. The van der Waals surface area contributed by atoms with E-state index in [2.05, 4.69) is 27.8 Å². The fourth-order valence-electron chi connectivity index (χ4n) is 2.49. The summed E-state index contributed by atoms with van der Waals surface area (Å²) in [6.07, 6.45) is 0.0995. The molecule has 0 saturated carbocycles. The van der Waals surface area contributed by atoms with Crippen LogP contribution < -0.4 is 10.6 Å². The first-order chi connectivity index (χ1) is 12.8. The summed E-state index contributed by atoms with van der Waals surface area (Å²) in [5.41, 5.74) is 2.10. The summed E-state index contributed by atoms with van der Waals surface area (Å²) in [6, 6.07) is 19.8. The van der Waals surface area contributed by atoms with Crippen LogP contribution in [0, 0.1) is 0 Å². The van der Waals surface area contributed by atoms with Crippen molar-refractivity contribution >= 4 is 29.9 Å². The molecule has 1 atom stereocenters. The van der Waals surface area contributed by atoms with Crippen LogP contribution in [0.3, 0.4) is 0 Å². The Morgan fingerprint density at radius 1 is 1.04 bits per heavy atom. The molecule has 2 aromatic rings. The summed E-state index contributed by atoms with van der Waals surface area (Å²) >= 11 is 0. The number of nitrogens with one attached hydrogen (secondary N) is 2. The van der Waals surface area contributed by atoms with E-state index < -0.39 is 6.10 Å². The molecular formula is C21H30IN3O2. The second kappa shape index (κ2) is 14.4. The number of hydrogen-bond donors (Lipinski definition) is 3. The average molecular weight is 483 g/mol. The zero-order valence-electron chi connectivity index (χ0n) is 15.8. The van der Waals surface area contributed by atoms with Gasteiger partial charge < -0.3 is 20.5 Å². The van der Waals surface area contributed by atoms with E-state index in [1.165, 1.54) is 5.56 Å². The lowest BCUT2D eigenvalue weighted by Gasteiger charge is -2.13. The van der Waals surface area contributed by atoms with Crippen LogP contribution in [0.2, 0.25) is 0 Å². The van der Waals surface area contributed by atoms with E-state index in [0.29, 0.717) is 32.7 Å². The summed E-state index contributed by atoms with van der Waals surface area (Å²) in [5, 5.41) is 16.6. The molecule has 2 aromatic carbocycles. The lowest BCUT2D eigenvalue weighted by molar-refractivity contribution is 0.125. The van der Waals surface area contributed by atoms with E-state index in [9.17, 15) is 5.11 Å². The number of aliphatic imine (C=N–C) groups is 1. The van der Waals surface area contributed by atoms with Crippen LogP contribution in [0.15, 0.2) is 65.7 Å². The van der Waals surface area contributed by atoms with E-state index in [1.807, 2.05) is 55.5 Å². The molecule has 27 heavy (non-hydrogen) atoms. The van der Waals surface area contributed by atoms with Gasteiger partial charge in [-0.15, -0.1) is 24.0 Å². The molecule has 0 bridgehead atoms. The number of halogens is 1. The number of aliphatic hydroxyl groups is 1. The minimum Gasteiger partial charge on any atom is -0.388 e. The maximum Gasteiger partial charge on any atom is 0.191 e. The molecule has 0 amide bonds. The lowest BCUT2D eigenvalue weighted by Crippen LogP contribution is -2.39. The van der Waals surface area contributed by atoms with E-state index in [1.54, 1.807) is 0 Å². The van der Waals surface area contributed by atoms with Crippen molar-refractivity contribution in [2.45, 2.75) is 26.1 Å². The Hall–Kier alpha value is -1.64. The molecule has 0 aliphatic heterocycles. The van der Waals surface area contributed by atoms with Gasteiger partial charge >= 0.3 is 0 Å². The van der Waals surface area contributed by atoms with E-state index in [0.717, 1.165) is 18.1 Å². The van der Waals surface area contributed by atoms with Gasteiger partial charge in [-0.1, -0.05) is 60.7 Å². The predicted octanol–water partition coefficient (Wildman–Crippen LogP) is 3.50. The first-order valence-electron chi connectivity index (χ1n) is 9.16. The Balaban J connectivity index is 0.00000364. The molecule has 2 rings (SSSR count). The number of nitrogens with zero attached hydrogens (tertiary/aromatic N) is 1. The molecule has 0 radical (unpaired) electrons. The van der Waals surface area contributed by atoms with Crippen molar-refractivity contribution in [3.63, 3.8) is 0 Å². The van der Waals surface area contributed by atoms with Crippen molar-refractivity contribution in [2.24, 2.45) is 4.99 Å². The number of aliphatic hydroxyl groups excluding tert-OH is 1. The van der Waals surface area contributed by atoms with E-state index in [-0.39, 0.29) is 24.0 Å². The summed E-state index contributed by atoms with van der Waals surface area (Å²) in [5.74, 6) is 0.746. The number of ether oxygens (including phenoxy) is 1. The van der Waals surface area contributed by atoms with Crippen molar-refractivity contribution < 1.29 is 9.84 Å². The smallest absolute Gasteiger partial charge is 0.191 e. The Bertz CT molecular complexity index is 638. The molecule has 148 valence electrons. The topological polar surface area (TPSA) is 65.9 Å². The Morgan fingerprint density at radius 2 is 1.70 bits per heavy atom. The molecule has 1 unspecified atom stereocenters. The molecule has 0 saturated heterocycles. The standard InChI is InChI=1S/C21H29N3O2.HI/c1-2-22-21(23-14-13-20(25)19-11-7-4-8-12-19)24-15-16-26-17-18-9-5-3-6-10-18;/h3-12,20,25H,2,13-17H2,1H3,(H2,22,23,24);1H. The minimum absolute atomic E-state index is 0. The fraction of sp³-hybridized carbons (Fsp3) is 0.381. The minimum atomic E-state index is -0.489. The molecule has 0 aliphatic carbocycles. The second-order valence-electron chi connectivity index (χ2n) is 5.94. The molecule has 3 N–H and O–H groups in total. The Morgan fingerprint density at radius 3 is 2.37 bits per heavy atom. The van der Waals surface area contributed by atoms with Crippen molar-refractivity contribution in [2.75, 3.05) is 26.2 Å². The predicted molar refractivity (Wildman–Crippen MR) is 122 cm³/mol. The summed E-state index contributed by atoms with van der Waals surface area (Å²) in [7, 11) is 0. The third-order valence-electron chi connectivity index (χ3n) is 3.85. The SMILES string of the molecule is CCNC(=NCCC(O)c1ccccc1)NCCOCc1ccccc1.I. The van der Waals surface area contributed by atoms with Gasteiger partial charge in [0.15, 0.2) is 5.96 Å². The van der Waals surface area contributed by atoms with Crippen LogP contribution in [0.25, 0.3) is 0 Å². The van der Waals surface area contributed by atoms with Gasteiger partial charge in [-0.2, -0.15) is 0 Å². The Labute approximate surface area is 179 Å². The van der Waals surface area contributed by atoms with Crippen molar-refractivity contribution in [3.05, 3.63) is 71.8 Å². The van der Waals surface area contributed by atoms with Crippen LogP contribution in [-0.2, 0) is 11.3 Å². The first-order valence-corrected chi connectivity index (χ1v) is 9.16. The quantitative estimate of drug-likeness (QED) is 0.210. The molecular weight excluding hydrogens is 453 g/mol. The normalized spacial score (nSPS) is 12.1. The van der Waals surface area contributed by atoms with E-state index in [4.69, 9.17) is 4.74 Å². The third-order valence-corrected chi connectivity index (χ3v) is 3.85. The van der Waals surface area contributed by atoms with Crippen LogP contribution in [0.1, 0.15) is 30.6 Å². The number of benzene rings is 2. The summed E-state index contributed by atoms with van der Waals surface area (Å²) in [6.45, 7) is 5.27. The largest absolute Gasteiger partial charge is 0.388 e. The first kappa shape index (κ1) is 23.4. The van der Waals surface area contributed by atoms with Crippen molar-refractivity contribution in [3.8, 4) is 0 Å². The van der Waals surface area contributed by atoms with Gasteiger partial charge in [-0.3, -0.25) is 4.99 Å². The van der Waals surface area contributed by atoms with Gasteiger partial charge in [0.25, 0.3) is 0 Å². The fourth-order valence-corrected chi connectivity index (χ4v) is 2.49. The van der Waals surface area contributed by atoms with E-state index >= 15 is 0 Å². The summed E-state index contributed by atoms with van der Waals surface area (Å²) < 4.78 is 5.66. The molecule has 6 heteroatoms. The zero-order chi connectivity index (χ0) is 18.5. The van der Waals surface area contributed by atoms with Crippen LogP contribution >= 0.6 is 24.0 Å². The molecule has 0 aromatic heterocycles. The van der Waals surface area contributed by atoms with Gasteiger partial charge in [0.1, 0.15) is 0 Å². The lowest BCUT2D eigenvalue weighted by atomic mass is 10.1. The highest BCUT2D eigenvalue weighted by atomic mass is 127. The molecule has 0 fully saturated rings.